The Labute approximate surface area is 187 Å². The monoisotopic (exact) mass is 459 g/mol. The van der Waals surface area contributed by atoms with Crippen LogP contribution >= 0.6 is 0 Å². The fourth-order valence-electron chi connectivity index (χ4n) is 4.44. The molecule has 1 aromatic heterocycles. The van der Waals surface area contributed by atoms with Crippen molar-refractivity contribution in [3.63, 3.8) is 0 Å². The number of fused-ring (bicyclic) bond motifs is 1. The standard InChI is InChI=1S/C22H20F3N5O3/c1-21(18-17(33-20(27)30-21)6-7-22(18,24)25)14-10-12(2-4-15(14)23)29-19(31)16-5-3-13(11-28-16)32-9-8-26/h2-5,10-11,17-18H,6-7,9H2,1H3,(H2,27,30)(H,29,31)/t17-,18+,21-/m1/s1. The molecule has 0 unspecified atom stereocenters. The van der Waals surface area contributed by atoms with Crippen LogP contribution in [0.5, 0.6) is 5.75 Å². The van der Waals surface area contributed by atoms with Crippen molar-refractivity contribution in [3.05, 3.63) is 53.6 Å². The quantitative estimate of drug-likeness (QED) is 0.707. The summed E-state index contributed by atoms with van der Waals surface area (Å²) >= 11 is 0. The van der Waals surface area contributed by atoms with Gasteiger partial charge in [0.1, 0.15) is 35.0 Å². The molecule has 3 atom stereocenters. The molecule has 3 N–H and O–H groups in total. The van der Waals surface area contributed by atoms with Gasteiger partial charge < -0.3 is 20.5 Å². The lowest BCUT2D eigenvalue weighted by Crippen LogP contribution is -2.51. The summed E-state index contributed by atoms with van der Waals surface area (Å²) in [7, 11) is 0. The van der Waals surface area contributed by atoms with E-state index in [1.165, 1.54) is 37.4 Å². The molecule has 1 aliphatic heterocycles. The maximum absolute atomic E-state index is 14.9. The van der Waals surface area contributed by atoms with Crippen LogP contribution in [0, 0.1) is 23.1 Å². The number of anilines is 1. The van der Waals surface area contributed by atoms with Gasteiger partial charge in [0.05, 0.1) is 12.1 Å². The van der Waals surface area contributed by atoms with Crippen LogP contribution in [-0.2, 0) is 10.3 Å². The third kappa shape index (κ3) is 4.16. The number of nitrogens with two attached hydrogens (primary N) is 1. The van der Waals surface area contributed by atoms with Gasteiger partial charge in [0, 0.05) is 17.7 Å². The number of nitriles is 1. The number of ether oxygens (including phenoxy) is 2. The van der Waals surface area contributed by atoms with Crippen molar-refractivity contribution in [2.75, 3.05) is 11.9 Å². The average molecular weight is 459 g/mol. The number of carbonyl (C=O) groups excluding carboxylic acids is 1. The number of rotatable bonds is 5. The molecule has 0 spiro atoms. The molecule has 2 heterocycles. The van der Waals surface area contributed by atoms with Gasteiger partial charge in [0.25, 0.3) is 17.9 Å². The first-order valence-corrected chi connectivity index (χ1v) is 10.1. The number of pyridine rings is 1. The number of aliphatic imine (C=N–C) groups is 1. The second kappa shape index (κ2) is 8.27. The molecular formula is C22H20F3N5O3. The molecule has 2 aromatic rings. The number of benzene rings is 1. The first kappa shape index (κ1) is 22.4. The normalized spacial score (nSPS) is 25.2. The Kier molecular flexibility index (Phi) is 5.61. The van der Waals surface area contributed by atoms with Crippen LogP contribution in [0.1, 0.15) is 35.8 Å². The smallest absolute Gasteiger partial charge is 0.283 e. The third-order valence-electron chi connectivity index (χ3n) is 5.85. The Morgan fingerprint density at radius 1 is 1.39 bits per heavy atom. The Bertz CT molecular complexity index is 1150. The topological polar surface area (TPSA) is 123 Å². The van der Waals surface area contributed by atoms with Crippen LogP contribution in [0.2, 0.25) is 0 Å². The minimum absolute atomic E-state index is 0.0344. The highest BCUT2D eigenvalue weighted by Crippen LogP contribution is 2.54. The van der Waals surface area contributed by atoms with Gasteiger partial charge in [0.15, 0.2) is 6.61 Å². The maximum atomic E-state index is 14.9. The van der Waals surface area contributed by atoms with Crippen LogP contribution in [0.4, 0.5) is 18.9 Å². The molecule has 0 bridgehead atoms. The second-order valence-corrected chi connectivity index (χ2v) is 8.01. The lowest BCUT2D eigenvalue weighted by atomic mass is 9.75. The zero-order valence-corrected chi connectivity index (χ0v) is 17.5. The lowest BCUT2D eigenvalue weighted by molar-refractivity contribution is -0.0961. The van der Waals surface area contributed by atoms with Crippen molar-refractivity contribution in [1.29, 1.82) is 5.26 Å². The third-order valence-corrected chi connectivity index (χ3v) is 5.85. The summed E-state index contributed by atoms with van der Waals surface area (Å²) in [4.78, 5) is 20.6. The number of nitrogens with one attached hydrogen (secondary N) is 1. The number of aromatic nitrogens is 1. The molecule has 0 radical (unpaired) electrons. The van der Waals surface area contributed by atoms with Gasteiger partial charge in [-0.25, -0.2) is 23.1 Å². The van der Waals surface area contributed by atoms with Crippen molar-refractivity contribution >= 4 is 17.6 Å². The molecular weight excluding hydrogens is 439 g/mol. The van der Waals surface area contributed by atoms with E-state index in [-0.39, 0.29) is 36.0 Å². The summed E-state index contributed by atoms with van der Waals surface area (Å²) in [6.45, 7) is 1.23. The van der Waals surface area contributed by atoms with E-state index in [2.05, 4.69) is 15.3 Å². The van der Waals surface area contributed by atoms with Gasteiger partial charge >= 0.3 is 0 Å². The Morgan fingerprint density at radius 2 is 2.18 bits per heavy atom. The van der Waals surface area contributed by atoms with E-state index in [1.54, 1.807) is 0 Å². The summed E-state index contributed by atoms with van der Waals surface area (Å²) in [6, 6.07) is 8.04. The number of amidine groups is 1. The van der Waals surface area contributed by atoms with E-state index in [0.29, 0.717) is 5.75 Å². The van der Waals surface area contributed by atoms with Crippen molar-refractivity contribution in [1.82, 2.24) is 4.98 Å². The molecule has 1 saturated carbocycles. The van der Waals surface area contributed by atoms with Crippen molar-refractivity contribution in [2.45, 2.75) is 37.3 Å². The first-order valence-electron chi connectivity index (χ1n) is 10.1. The first-order chi connectivity index (χ1) is 15.6. The van der Waals surface area contributed by atoms with Gasteiger partial charge in [-0.3, -0.25) is 4.79 Å². The number of amides is 1. The van der Waals surface area contributed by atoms with Crippen LogP contribution in [0.3, 0.4) is 0 Å². The van der Waals surface area contributed by atoms with Gasteiger partial charge in [-0.1, -0.05) is 0 Å². The highest BCUT2D eigenvalue weighted by Gasteiger charge is 2.62. The van der Waals surface area contributed by atoms with Crippen LogP contribution in [0.15, 0.2) is 41.5 Å². The summed E-state index contributed by atoms with van der Waals surface area (Å²) in [6.07, 6.45) is 0.0384. The van der Waals surface area contributed by atoms with Gasteiger partial charge in [0.2, 0.25) is 0 Å². The predicted molar refractivity (Wildman–Crippen MR) is 111 cm³/mol. The summed E-state index contributed by atoms with van der Waals surface area (Å²) in [5, 5.41) is 11.1. The molecule has 1 aliphatic carbocycles. The van der Waals surface area contributed by atoms with Crippen LogP contribution in [0.25, 0.3) is 0 Å². The van der Waals surface area contributed by atoms with Gasteiger partial charge in [-0.05, 0) is 43.7 Å². The lowest BCUT2D eigenvalue weighted by Gasteiger charge is -2.41. The maximum Gasteiger partial charge on any atom is 0.283 e. The number of halogens is 3. The SMILES string of the molecule is C[C@]1(c2cc(NC(=O)c3ccc(OCC#N)cn3)ccc2F)N=C(N)O[C@@H]2CCC(F)(F)[C@@H]21. The molecule has 11 heteroatoms. The summed E-state index contributed by atoms with van der Waals surface area (Å²) in [5.41, 5.74) is 4.11. The van der Waals surface area contributed by atoms with Crippen molar-refractivity contribution in [2.24, 2.45) is 16.6 Å². The number of carbonyl (C=O) groups is 1. The zero-order chi connectivity index (χ0) is 23.8. The fourth-order valence-corrected chi connectivity index (χ4v) is 4.44. The number of hydrogen-bond donors (Lipinski definition) is 2. The molecule has 1 amide bonds. The van der Waals surface area contributed by atoms with Crippen molar-refractivity contribution < 1.29 is 27.4 Å². The number of hydrogen-bond acceptors (Lipinski definition) is 7. The van der Waals surface area contributed by atoms with Gasteiger partial charge in [-0.2, -0.15) is 5.26 Å². The fraction of sp³-hybridized carbons (Fsp3) is 0.364. The van der Waals surface area contributed by atoms with Crippen molar-refractivity contribution in [3.8, 4) is 11.8 Å². The van der Waals surface area contributed by atoms with E-state index in [1.807, 2.05) is 6.07 Å². The molecule has 0 saturated heterocycles. The largest absolute Gasteiger partial charge is 0.477 e. The zero-order valence-electron chi connectivity index (χ0n) is 17.5. The molecule has 33 heavy (non-hydrogen) atoms. The molecule has 1 fully saturated rings. The Balaban J connectivity index is 1.62. The average Bonchev–Trinajstić information content (AvgIpc) is 3.08. The molecule has 1 aromatic carbocycles. The predicted octanol–water partition coefficient (Wildman–Crippen LogP) is 3.35. The van der Waals surface area contributed by atoms with E-state index >= 15 is 0 Å². The summed E-state index contributed by atoms with van der Waals surface area (Å²) < 4.78 is 54.8. The highest BCUT2D eigenvalue weighted by molar-refractivity contribution is 6.02. The van der Waals surface area contributed by atoms with Crippen LogP contribution < -0.4 is 15.8 Å². The molecule has 2 aliphatic rings. The minimum Gasteiger partial charge on any atom is -0.477 e. The highest BCUT2D eigenvalue weighted by atomic mass is 19.3. The number of alkyl halides is 2. The van der Waals surface area contributed by atoms with E-state index in [4.69, 9.17) is 20.5 Å². The Morgan fingerprint density at radius 3 is 2.88 bits per heavy atom. The Hall–Kier alpha value is -3.81. The molecule has 8 nitrogen and oxygen atoms in total. The molecule has 4 rings (SSSR count). The van der Waals surface area contributed by atoms with Crippen LogP contribution in [-0.4, -0.2) is 35.5 Å². The van der Waals surface area contributed by atoms with E-state index < -0.39 is 41.6 Å². The summed E-state index contributed by atoms with van der Waals surface area (Å²) in [5.74, 6) is -5.60. The van der Waals surface area contributed by atoms with Gasteiger partial charge in [-0.15, -0.1) is 0 Å². The van der Waals surface area contributed by atoms with E-state index in [9.17, 15) is 18.0 Å². The van der Waals surface area contributed by atoms with E-state index in [0.717, 1.165) is 6.07 Å². The number of nitrogens with zero attached hydrogens (tertiary/aromatic N) is 3. The molecule has 172 valence electrons. The minimum atomic E-state index is -3.13. The second-order valence-electron chi connectivity index (χ2n) is 8.01.